The van der Waals surface area contributed by atoms with Crippen LogP contribution >= 0.6 is 0 Å². The summed E-state index contributed by atoms with van der Waals surface area (Å²) in [5.74, 6) is 1.83. The number of oxime groups is 1. The minimum Gasteiger partial charge on any atom is -0.492 e. The Morgan fingerprint density at radius 1 is 1.04 bits per heavy atom. The van der Waals surface area contributed by atoms with Gasteiger partial charge in [-0.15, -0.1) is 5.10 Å². The summed E-state index contributed by atoms with van der Waals surface area (Å²) in [6.45, 7) is 7.48. The highest BCUT2D eigenvalue weighted by Gasteiger charge is 2.18. The standard InChI is InChI=1S/C19H25N5O2/c1-16-3-8-19(22-21-16)24-11-9-23(10-12-24)13-14-26-18-6-4-17(5-7-18)15-20-25-2/h3-8,15H,9-14H2,1-2H3. The van der Waals surface area contributed by atoms with Crippen molar-refractivity contribution in [3.8, 4) is 5.75 Å². The molecule has 7 nitrogen and oxygen atoms in total. The van der Waals surface area contributed by atoms with E-state index in [1.165, 1.54) is 7.11 Å². The van der Waals surface area contributed by atoms with Gasteiger partial charge in [0.1, 0.15) is 19.5 Å². The highest BCUT2D eigenvalue weighted by Crippen LogP contribution is 2.14. The average molecular weight is 355 g/mol. The molecule has 1 fully saturated rings. The second-order valence-electron chi connectivity index (χ2n) is 6.20. The number of rotatable bonds is 7. The molecule has 2 aromatic rings. The van der Waals surface area contributed by atoms with Crippen LogP contribution in [0.5, 0.6) is 5.75 Å². The zero-order valence-electron chi connectivity index (χ0n) is 15.3. The molecule has 1 aliphatic rings. The lowest BCUT2D eigenvalue weighted by atomic mass is 10.2. The van der Waals surface area contributed by atoms with E-state index in [0.29, 0.717) is 6.61 Å². The second kappa shape index (κ2) is 9.15. The molecular weight excluding hydrogens is 330 g/mol. The Hall–Kier alpha value is -2.67. The fourth-order valence-corrected chi connectivity index (χ4v) is 2.82. The van der Waals surface area contributed by atoms with E-state index in [0.717, 1.165) is 55.5 Å². The molecule has 0 N–H and O–H groups in total. The summed E-state index contributed by atoms with van der Waals surface area (Å²) in [6, 6.07) is 11.9. The second-order valence-corrected chi connectivity index (χ2v) is 6.20. The van der Waals surface area contributed by atoms with E-state index in [1.807, 2.05) is 43.3 Å². The van der Waals surface area contributed by atoms with Gasteiger partial charge in [0.05, 0.1) is 11.9 Å². The predicted molar refractivity (Wildman–Crippen MR) is 102 cm³/mol. The van der Waals surface area contributed by atoms with Crippen LogP contribution in [0.15, 0.2) is 41.6 Å². The first-order chi connectivity index (χ1) is 12.7. The van der Waals surface area contributed by atoms with Crippen molar-refractivity contribution in [3.63, 3.8) is 0 Å². The summed E-state index contributed by atoms with van der Waals surface area (Å²) < 4.78 is 5.84. The summed E-state index contributed by atoms with van der Waals surface area (Å²) in [4.78, 5) is 9.37. The van der Waals surface area contributed by atoms with E-state index in [9.17, 15) is 0 Å². The molecule has 0 radical (unpaired) electrons. The van der Waals surface area contributed by atoms with Gasteiger partial charge in [-0.1, -0.05) is 5.16 Å². The Balaban J connectivity index is 1.38. The Morgan fingerprint density at radius 2 is 1.81 bits per heavy atom. The van der Waals surface area contributed by atoms with E-state index in [2.05, 4.69) is 30.0 Å². The third kappa shape index (κ3) is 5.16. The quantitative estimate of drug-likeness (QED) is 0.559. The number of hydrogen-bond acceptors (Lipinski definition) is 7. The summed E-state index contributed by atoms with van der Waals surface area (Å²) in [7, 11) is 1.53. The van der Waals surface area contributed by atoms with Crippen molar-refractivity contribution in [1.29, 1.82) is 0 Å². The molecule has 1 saturated heterocycles. The van der Waals surface area contributed by atoms with Crippen LogP contribution in [-0.4, -0.2) is 67.8 Å². The molecule has 0 amide bonds. The first-order valence-electron chi connectivity index (χ1n) is 8.81. The number of aromatic nitrogens is 2. The molecule has 1 aromatic heterocycles. The van der Waals surface area contributed by atoms with Gasteiger partial charge in [-0.3, -0.25) is 4.90 Å². The van der Waals surface area contributed by atoms with Gasteiger partial charge in [-0.2, -0.15) is 5.10 Å². The number of ether oxygens (including phenoxy) is 1. The lowest BCUT2D eigenvalue weighted by molar-refractivity contribution is 0.200. The molecule has 0 saturated carbocycles. The molecule has 3 rings (SSSR count). The van der Waals surface area contributed by atoms with Crippen LogP contribution in [0.3, 0.4) is 0 Å². The third-order valence-corrected chi connectivity index (χ3v) is 4.34. The van der Waals surface area contributed by atoms with Gasteiger partial charge in [0.2, 0.25) is 0 Å². The van der Waals surface area contributed by atoms with E-state index in [1.54, 1.807) is 6.21 Å². The van der Waals surface area contributed by atoms with Crippen LogP contribution in [0, 0.1) is 6.92 Å². The van der Waals surface area contributed by atoms with E-state index >= 15 is 0 Å². The fraction of sp³-hybridized carbons (Fsp3) is 0.421. The predicted octanol–water partition coefficient (Wildman–Crippen LogP) is 1.97. The Labute approximate surface area is 154 Å². The van der Waals surface area contributed by atoms with Crippen molar-refractivity contribution in [2.75, 3.05) is 51.3 Å². The average Bonchev–Trinajstić information content (AvgIpc) is 2.69. The van der Waals surface area contributed by atoms with Crippen LogP contribution in [0.1, 0.15) is 11.3 Å². The Morgan fingerprint density at radius 3 is 2.46 bits per heavy atom. The van der Waals surface area contributed by atoms with Crippen molar-refractivity contribution < 1.29 is 9.57 Å². The summed E-state index contributed by atoms with van der Waals surface area (Å²) in [6.07, 6.45) is 1.67. The number of piperazine rings is 1. The number of benzene rings is 1. The molecule has 26 heavy (non-hydrogen) atoms. The van der Waals surface area contributed by atoms with Gasteiger partial charge >= 0.3 is 0 Å². The van der Waals surface area contributed by atoms with Crippen LogP contribution in [0.25, 0.3) is 0 Å². The lowest BCUT2D eigenvalue weighted by Gasteiger charge is -2.35. The molecule has 2 heterocycles. The molecule has 0 aliphatic carbocycles. The monoisotopic (exact) mass is 355 g/mol. The highest BCUT2D eigenvalue weighted by molar-refractivity contribution is 5.79. The van der Waals surface area contributed by atoms with Gasteiger partial charge in [-0.05, 0) is 48.9 Å². The molecule has 0 spiro atoms. The number of anilines is 1. The van der Waals surface area contributed by atoms with Crippen molar-refractivity contribution in [2.45, 2.75) is 6.92 Å². The van der Waals surface area contributed by atoms with Gasteiger partial charge in [-0.25, -0.2) is 0 Å². The Kier molecular flexibility index (Phi) is 6.38. The van der Waals surface area contributed by atoms with Crippen LogP contribution in [0.4, 0.5) is 5.82 Å². The molecule has 7 heteroatoms. The minimum atomic E-state index is 0.676. The maximum absolute atomic E-state index is 5.84. The fourth-order valence-electron chi connectivity index (χ4n) is 2.82. The molecule has 0 unspecified atom stereocenters. The van der Waals surface area contributed by atoms with E-state index < -0.39 is 0 Å². The van der Waals surface area contributed by atoms with Crippen molar-refractivity contribution in [2.24, 2.45) is 5.16 Å². The van der Waals surface area contributed by atoms with Crippen LogP contribution < -0.4 is 9.64 Å². The summed E-state index contributed by atoms with van der Waals surface area (Å²) in [5, 5.41) is 12.2. The Bertz CT molecular complexity index is 695. The SMILES string of the molecule is CON=Cc1ccc(OCCN2CCN(c3ccc(C)nn3)CC2)cc1. The topological polar surface area (TPSA) is 63.1 Å². The maximum atomic E-state index is 5.84. The van der Waals surface area contributed by atoms with Crippen molar-refractivity contribution in [1.82, 2.24) is 15.1 Å². The minimum absolute atomic E-state index is 0.676. The molecular formula is C19H25N5O2. The van der Waals surface area contributed by atoms with Gasteiger partial charge in [0.15, 0.2) is 5.82 Å². The highest BCUT2D eigenvalue weighted by atomic mass is 16.6. The van der Waals surface area contributed by atoms with E-state index in [-0.39, 0.29) is 0 Å². The molecule has 0 bridgehead atoms. The molecule has 1 aromatic carbocycles. The number of hydrogen-bond donors (Lipinski definition) is 0. The van der Waals surface area contributed by atoms with Crippen molar-refractivity contribution >= 4 is 12.0 Å². The van der Waals surface area contributed by atoms with Crippen LogP contribution in [-0.2, 0) is 4.84 Å². The first-order valence-corrected chi connectivity index (χ1v) is 8.81. The van der Waals surface area contributed by atoms with Crippen LogP contribution in [0.2, 0.25) is 0 Å². The smallest absolute Gasteiger partial charge is 0.151 e. The maximum Gasteiger partial charge on any atom is 0.151 e. The zero-order valence-corrected chi connectivity index (χ0v) is 15.3. The molecule has 1 aliphatic heterocycles. The number of aryl methyl sites for hydroxylation is 1. The molecule has 138 valence electrons. The zero-order chi connectivity index (χ0) is 18.2. The van der Waals surface area contributed by atoms with Gasteiger partial charge in [0.25, 0.3) is 0 Å². The van der Waals surface area contributed by atoms with E-state index in [4.69, 9.17) is 4.74 Å². The summed E-state index contributed by atoms with van der Waals surface area (Å²) >= 11 is 0. The number of nitrogens with zero attached hydrogens (tertiary/aromatic N) is 5. The first kappa shape index (κ1) is 18.1. The van der Waals surface area contributed by atoms with Crippen molar-refractivity contribution in [3.05, 3.63) is 47.7 Å². The third-order valence-electron chi connectivity index (χ3n) is 4.34. The lowest BCUT2D eigenvalue weighted by Crippen LogP contribution is -2.47. The summed E-state index contributed by atoms with van der Waals surface area (Å²) in [5.41, 5.74) is 1.93. The van der Waals surface area contributed by atoms with Gasteiger partial charge in [0, 0.05) is 32.7 Å². The normalized spacial score (nSPS) is 15.4. The largest absolute Gasteiger partial charge is 0.492 e. The molecule has 0 atom stereocenters. The van der Waals surface area contributed by atoms with Gasteiger partial charge < -0.3 is 14.5 Å².